The monoisotopic (exact) mass is 373 g/mol. The summed E-state index contributed by atoms with van der Waals surface area (Å²) in [5, 5.41) is 8.71. The number of likely N-dealkylation sites (tertiary alicyclic amines) is 1. The molecule has 2 amide bonds. The van der Waals surface area contributed by atoms with Crippen LogP contribution in [0.2, 0.25) is 0 Å². The molecule has 0 radical (unpaired) electrons. The highest BCUT2D eigenvalue weighted by Gasteiger charge is 2.32. The minimum absolute atomic E-state index is 0.0100. The van der Waals surface area contributed by atoms with Crippen LogP contribution in [0, 0.1) is 0 Å². The van der Waals surface area contributed by atoms with Crippen LogP contribution in [-0.2, 0) is 22.6 Å². The molecule has 2 aromatic rings. The topological polar surface area (TPSA) is 93.7 Å². The molecule has 4 rings (SSSR count). The Morgan fingerprint density at radius 2 is 2.15 bits per heavy atom. The molecule has 0 N–H and O–H groups in total. The molecule has 1 atom stereocenters. The fourth-order valence-corrected chi connectivity index (χ4v) is 3.84. The number of fused-ring (bicyclic) bond motifs is 1. The van der Waals surface area contributed by atoms with E-state index in [0.717, 1.165) is 31.0 Å². The summed E-state index contributed by atoms with van der Waals surface area (Å²) in [7, 11) is 1.53. The van der Waals surface area contributed by atoms with Crippen molar-refractivity contribution < 1.29 is 18.7 Å². The van der Waals surface area contributed by atoms with Gasteiger partial charge in [-0.25, -0.2) is 0 Å². The number of piperidine rings is 1. The molecule has 0 aromatic carbocycles. The number of rotatable bonds is 4. The summed E-state index contributed by atoms with van der Waals surface area (Å²) in [5.41, 5.74) is 0. The average Bonchev–Trinajstić information content (AvgIpc) is 3.37. The van der Waals surface area contributed by atoms with Gasteiger partial charge in [-0.3, -0.25) is 9.59 Å². The fraction of sp³-hybridized carbons (Fsp3) is 0.556. The van der Waals surface area contributed by atoms with Crippen molar-refractivity contribution in [3.8, 4) is 0 Å². The van der Waals surface area contributed by atoms with E-state index < -0.39 is 0 Å². The zero-order chi connectivity index (χ0) is 18.8. The maximum Gasteiger partial charge on any atom is 0.290 e. The highest BCUT2D eigenvalue weighted by molar-refractivity contribution is 5.91. The van der Waals surface area contributed by atoms with Crippen molar-refractivity contribution in [1.29, 1.82) is 0 Å². The van der Waals surface area contributed by atoms with Crippen molar-refractivity contribution in [3.63, 3.8) is 0 Å². The van der Waals surface area contributed by atoms with E-state index in [1.54, 1.807) is 17.0 Å². The summed E-state index contributed by atoms with van der Waals surface area (Å²) in [5.74, 6) is 2.05. The first kappa shape index (κ1) is 17.7. The summed E-state index contributed by atoms with van der Waals surface area (Å²) >= 11 is 0. The lowest BCUT2D eigenvalue weighted by Crippen LogP contribution is -2.42. The molecule has 9 heteroatoms. The highest BCUT2D eigenvalue weighted by Crippen LogP contribution is 2.28. The SMILES string of the molecule is COCC(=O)N1CCCC(c2nnc3n2CCN(C(=O)c2ccco2)C3)C1. The third-order valence-corrected chi connectivity index (χ3v) is 5.21. The number of furan rings is 1. The van der Waals surface area contributed by atoms with E-state index in [1.807, 2.05) is 4.90 Å². The Morgan fingerprint density at radius 1 is 1.26 bits per heavy atom. The zero-order valence-corrected chi connectivity index (χ0v) is 15.3. The van der Waals surface area contributed by atoms with E-state index in [1.165, 1.54) is 13.4 Å². The van der Waals surface area contributed by atoms with Crippen LogP contribution in [-0.4, -0.2) is 69.7 Å². The van der Waals surface area contributed by atoms with Crippen LogP contribution in [0.3, 0.4) is 0 Å². The summed E-state index contributed by atoms with van der Waals surface area (Å²) in [6, 6.07) is 3.37. The first-order chi connectivity index (χ1) is 13.2. The van der Waals surface area contributed by atoms with Crippen LogP contribution in [0.15, 0.2) is 22.8 Å². The molecule has 9 nitrogen and oxygen atoms in total. The maximum atomic E-state index is 12.5. The van der Waals surface area contributed by atoms with Gasteiger partial charge in [0.15, 0.2) is 11.6 Å². The quantitative estimate of drug-likeness (QED) is 0.790. The number of carbonyl (C=O) groups is 2. The minimum atomic E-state index is -0.134. The molecule has 1 unspecified atom stereocenters. The van der Waals surface area contributed by atoms with Crippen molar-refractivity contribution >= 4 is 11.8 Å². The first-order valence-corrected chi connectivity index (χ1v) is 9.19. The van der Waals surface area contributed by atoms with Crippen molar-refractivity contribution in [2.45, 2.75) is 31.8 Å². The minimum Gasteiger partial charge on any atom is -0.459 e. The van der Waals surface area contributed by atoms with E-state index >= 15 is 0 Å². The van der Waals surface area contributed by atoms with E-state index in [9.17, 15) is 9.59 Å². The number of nitrogens with zero attached hydrogens (tertiary/aromatic N) is 5. The molecule has 27 heavy (non-hydrogen) atoms. The van der Waals surface area contributed by atoms with Crippen LogP contribution in [0.1, 0.15) is 41.0 Å². The Labute approximate surface area is 156 Å². The van der Waals surface area contributed by atoms with Crippen molar-refractivity contribution in [1.82, 2.24) is 24.6 Å². The number of hydrogen-bond donors (Lipinski definition) is 0. The van der Waals surface area contributed by atoms with Gasteiger partial charge in [-0.2, -0.15) is 0 Å². The molecular weight excluding hydrogens is 350 g/mol. The molecular formula is C18H23N5O4. The number of ether oxygens (including phenoxy) is 1. The lowest BCUT2D eigenvalue weighted by Gasteiger charge is -2.33. The fourth-order valence-electron chi connectivity index (χ4n) is 3.84. The second kappa shape index (κ2) is 7.51. The first-order valence-electron chi connectivity index (χ1n) is 9.19. The van der Waals surface area contributed by atoms with Gasteiger partial charge in [0.25, 0.3) is 5.91 Å². The highest BCUT2D eigenvalue weighted by atomic mass is 16.5. The van der Waals surface area contributed by atoms with Gasteiger partial charge in [-0.05, 0) is 25.0 Å². The summed E-state index contributed by atoms with van der Waals surface area (Å²) in [4.78, 5) is 28.2. The van der Waals surface area contributed by atoms with Crippen LogP contribution >= 0.6 is 0 Å². The van der Waals surface area contributed by atoms with Gasteiger partial charge < -0.3 is 23.5 Å². The predicted octanol–water partition coefficient (Wildman–Crippen LogP) is 0.879. The van der Waals surface area contributed by atoms with Crippen molar-refractivity contribution in [3.05, 3.63) is 35.8 Å². The van der Waals surface area contributed by atoms with Crippen LogP contribution in [0.25, 0.3) is 0 Å². The second-order valence-electron chi connectivity index (χ2n) is 6.94. The standard InChI is InChI=1S/C18H23N5O4/c1-26-12-16(24)21-6-2-4-13(10-21)17-20-19-15-11-22(7-8-23(15)17)18(25)14-5-3-9-27-14/h3,5,9,13H,2,4,6-8,10-12H2,1H3. The Morgan fingerprint density at radius 3 is 2.93 bits per heavy atom. The lowest BCUT2D eigenvalue weighted by molar-refractivity contribution is -0.136. The average molecular weight is 373 g/mol. The van der Waals surface area contributed by atoms with E-state index in [0.29, 0.717) is 31.9 Å². The Hall–Kier alpha value is -2.68. The molecule has 0 aliphatic carbocycles. The van der Waals surface area contributed by atoms with Gasteiger partial charge in [0, 0.05) is 39.2 Å². The predicted molar refractivity (Wildman–Crippen MR) is 93.9 cm³/mol. The maximum absolute atomic E-state index is 12.5. The van der Waals surface area contributed by atoms with Gasteiger partial charge in [0.2, 0.25) is 5.91 Å². The summed E-state index contributed by atoms with van der Waals surface area (Å²) in [6.45, 7) is 3.13. The smallest absolute Gasteiger partial charge is 0.290 e. The Balaban J connectivity index is 1.47. The molecule has 144 valence electrons. The number of aromatic nitrogens is 3. The molecule has 2 aromatic heterocycles. The van der Waals surface area contributed by atoms with E-state index in [4.69, 9.17) is 9.15 Å². The molecule has 2 aliphatic rings. The zero-order valence-electron chi connectivity index (χ0n) is 15.3. The third-order valence-electron chi connectivity index (χ3n) is 5.21. The summed E-state index contributed by atoms with van der Waals surface area (Å²) in [6.07, 6.45) is 3.41. The van der Waals surface area contributed by atoms with Gasteiger partial charge in [-0.1, -0.05) is 0 Å². The molecule has 0 saturated carbocycles. The number of hydrogen-bond acceptors (Lipinski definition) is 6. The van der Waals surface area contributed by atoms with Crippen molar-refractivity contribution in [2.24, 2.45) is 0 Å². The van der Waals surface area contributed by atoms with Crippen LogP contribution in [0.5, 0.6) is 0 Å². The van der Waals surface area contributed by atoms with E-state index in [-0.39, 0.29) is 24.3 Å². The largest absolute Gasteiger partial charge is 0.459 e. The normalized spacial score (nSPS) is 19.8. The molecule has 1 saturated heterocycles. The second-order valence-corrected chi connectivity index (χ2v) is 6.94. The number of methoxy groups -OCH3 is 1. The van der Waals surface area contributed by atoms with Gasteiger partial charge >= 0.3 is 0 Å². The Kier molecular flexibility index (Phi) is 4.93. The van der Waals surface area contributed by atoms with Crippen LogP contribution in [0.4, 0.5) is 0 Å². The van der Waals surface area contributed by atoms with Crippen LogP contribution < -0.4 is 0 Å². The van der Waals surface area contributed by atoms with Crippen molar-refractivity contribution in [2.75, 3.05) is 33.4 Å². The van der Waals surface area contributed by atoms with Gasteiger partial charge in [0.05, 0.1) is 12.8 Å². The number of carbonyl (C=O) groups excluding carboxylic acids is 2. The molecule has 0 bridgehead atoms. The van der Waals surface area contributed by atoms with Gasteiger partial charge in [0.1, 0.15) is 12.4 Å². The number of amides is 2. The molecule has 0 spiro atoms. The van der Waals surface area contributed by atoms with E-state index in [2.05, 4.69) is 14.8 Å². The molecule has 4 heterocycles. The Bertz CT molecular complexity index is 816. The third kappa shape index (κ3) is 3.46. The molecule has 1 fully saturated rings. The lowest BCUT2D eigenvalue weighted by atomic mass is 9.97. The van der Waals surface area contributed by atoms with Gasteiger partial charge in [-0.15, -0.1) is 10.2 Å². The summed E-state index contributed by atoms with van der Waals surface area (Å²) < 4.78 is 12.3. The molecule has 2 aliphatic heterocycles.